The number of nitrogens with zero attached hydrogens (tertiary/aromatic N) is 1. The minimum Gasteiger partial charge on any atom is -0.489 e. The van der Waals surface area contributed by atoms with E-state index in [0.29, 0.717) is 13.0 Å². The molecular formula is C29H27NO3. The molecule has 4 aromatic rings. The number of ether oxygens (including phenoxy) is 1. The van der Waals surface area contributed by atoms with E-state index in [4.69, 9.17) is 4.74 Å². The molecule has 1 N–H and O–H groups in total. The second-order valence-corrected chi connectivity index (χ2v) is 8.55. The Balaban J connectivity index is 1.50. The van der Waals surface area contributed by atoms with Crippen LogP contribution in [0.3, 0.4) is 0 Å². The van der Waals surface area contributed by atoms with Gasteiger partial charge in [-0.1, -0.05) is 84.9 Å². The Kier molecular flexibility index (Phi) is 6.09. The van der Waals surface area contributed by atoms with Crippen molar-refractivity contribution >= 4 is 16.7 Å². The molecule has 1 saturated heterocycles. The second-order valence-electron chi connectivity index (χ2n) is 8.55. The maximum absolute atomic E-state index is 12.1. The number of carbonyl (C=O) groups is 1. The van der Waals surface area contributed by atoms with Crippen molar-refractivity contribution in [3.63, 3.8) is 0 Å². The van der Waals surface area contributed by atoms with Gasteiger partial charge in [0.1, 0.15) is 18.4 Å². The molecule has 166 valence electrons. The Labute approximate surface area is 194 Å². The zero-order valence-electron chi connectivity index (χ0n) is 18.4. The maximum Gasteiger partial charge on any atom is 0.320 e. The highest BCUT2D eigenvalue weighted by molar-refractivity contribution is 5.86. The third-order valence-corrected chi connectivity index (χ3v) is 6.47. The summed E-state index contributed by atoms with van der Waals surface area (Å²) in [7, 11) is 0. The highest BCUT2D eigenvalue weighted by Crippen LogP contribution is 2.38. The number of carboxylic acid groups (broad SMARTS) is 1. The SMILES string of the molecule is O=C(O)C1CCCN1C(c1ccc(OCc2ccccc2)cc1)c1cccc2ccccc12. The topological polar surface area (TPSA) is 49.8 Å². The Morgan fingerprint density at radius 1 is 0.909 bits per heavy atom. The van der Waals surface area contributed by atoms with Crippen LogP contribution in [0.5, 0.6) is 5.75 Å². The van der Waals surface area contributed by atoms with Crippen molar-refractivity contribution in [2.24, 2.45) is 0 Å². The first-order valence-corrected chi connectivity index (χ1v) is 11.4. The zero-order chi connectivity index (χ0) is 22.6. The molecule has 0 saturated carbocycles. The fraction of sp³-hybridized carbons (Fsp3) is 0.207. The number of hydrogen-bond donors (Lipinski definition) is 1. The van der Waals surface area contributed by atoms with Gasteiger partial charge in [-0.3, -0.25) is 9.69 Å². The number of benzene rings is 4. The summed E-state index contributed by atoms with van der Waals surface area (Å²) in [5, 5.41) is 12.2. The predicted octanol–water partition coefficient (Wildman–Crippen LogP) is 6.06. The van der Waals surface area contributed by atoms with Gasteiger partial charge >= 0.3 is 5.97 Å². The number of carboxylic acids is 1. The monoisotopic (exact) mass is 437 g/mol. The molecule has 4 heteroatoms. The highest BCUT2D eigenvalue weighted by Gasteiger charge is 2.37. The fourth-order valence-electron chi connectivity index (χ4n) is 4.89. The average molecular weight is 438 g/mol. The minimum atomic E-state index is -0.749. The first kappa shape index (κ1) is 21.2. The van der Waals surface area contributed by atoms with E-state index in [-0.39, 0.29) is 6.04 Å². The summed E-state index contributed by atoms with van der Waals surface area (Å²) in [6.07, 6.45) is 1.56. The van der Waals surface area contributed by atoms with Crippen molar-refractivity contribution in [2.75, 3.05) is 6.54 Å². The molecule has 1 aliphatic heterocycles. The fourth-order valence-corrected chi connectivity index (χ4v) is 4.89. The van der Waals surface area contributed by atoms with Gasteiger partial charge in [-0.15, -0.1) is 0 Å². The number of fused-ring (bicyclic) bond motifs is 1. The smallest absolute Gasteiger partial charge is 0.320 e. The molecular weight excluding hydrogens is 410 g/mol. The van der Waals surface area contributed by atoms with E-state index >= 15 is 0 Å². The molecule has 0 radical (unpaired) electrons. The lowest BCUT2D eigenvalue weighted by atomic mass is 9.92. The van der Waals surface area contributed by atoms with Crippen LogP contribution < -0.4 is 4.74 Å². The van der Waals surface area contributed by atoms with Crippen LogP contribution in [0.1, 0.15) is 35.6 Å². The molecule has 4 aromatic carbocycles. The van der Waals surface area contributed by atoms with E-state index in [1.54, 1.807) is 0 Å². The lowest BCUT2D eigenvalue weighted by molar-refractivity contribution is -0.142. The van der Waals surface area contributed by atoms with Gasteiger partial charge in [0.25, 0.3) is 0 Å². The quantitative estimate of drug-likeness (QED) is 0.382. The number of rotatable bonds is 7. The first-order chi connectivity index (χ1) is 16.2. The summed E-state index contributed by atoms with van der Waals surface area (Å²) in [5.41, 5.74) is 3.34. The van der Waals surface area contributed by atoms with Crippen molar-refractivity contribution < 1.29 is 14.6 Å². The number of hydrogen-bond acceptors (Lipinski definition) is 3. The summed E-state index contributed by atoms with van der Waals surface area (Å²) < 4.78 is 5.98. The molecule has 4 nitrogen and oxygen atoms in total. The van der Waals surface area contributed by atoms with Crippen LogP contribution in [0.25, 0.3) is 10.8 Å². The van der Waals surface area contributed by atoms with E-state index in [1.807, 2.05) is 54.6 Å². The highest BCUT2D eigenvalue weighted by atomic mass is 16.5. The van der Waals surface area contributed by atoms with Crippen LogP contribution in [-0.2, 0) is 11.4 Å². The van der Waals surface area contributed by atoms with Gasteiger partial charge in [0, 0.05) is 6.54 Å². The van der Waals surface area contributed by atoms with E-state index < -0.39 is 12.0 Å². The molecule has 1 heterocycles. The molecule has 2 unspecified atom stereocenters. The van der Waals surface area contributed by atoms with Gasteiger partial charge in [0.2, 0.25) is 0 Å². The normalized spacial score (nSPS) is 17.2. The Morgan fingerprint density at radius 3 is 2.42 bits per heavy atom. The van der Waals surface area contributed by atoms with Crippen LogP contribution in [0.2, 0.25) is 0 Å². The van der Waals surface area contributed by atoms with Crippen LogP contribution in [0.4, 0.5) is 0 Å². The Hall–Kier alpha value is -3.63. The summed E-state index contributed by atoms with van der Waals surface area (Å²) >= 11 is 0. The third-order valence-electron chi connectivity index (χ3n) is 6.47. The summed E-state index contributed by atoms with van der Waals surface area (Å²) in [6, 6.07) is 32.2. The van der Waals surface area contributed by atoms with Crippen molar-refractivity contribution in [2.45, 2.75) is 31.5 Å². The van der Waals surface area contributed by atoms with Gasteiger partial charge in [0.15, 0.2) is 0 Å². The number of likely N-dealkylation sites (tertiary alicyclic amines) is 1. The molecule has 33 heavy (non-hydrogen) atoms. The average Bonchev–Trinajstić information content (AvgIpc) is 3.34. The van der Waals surface area contributed by atoms with Crippen LogP contribution in [0, 0.1) is 0 Å². The summed E-state index contributed by atoms with van der Waals surface area (Å²) in [4.78, 5) is 14.2. The second kappa shape index (κ2) is 9.47. The van der Waals surface area contributed by atoms with Gasteiger partial charge in [-0.2, -0.15) is 0 Å². The van der Waals surface area contributed by atoms with Crippen LogP contribution >= 0.6 is 0 Å². The molecule has 0 bridgehead atoms. The van der Waals surface area contributed by atoms with Gasteiger partial charge < -0.3 is 9.84 Å². The van der Waals surface area contributed by atoms with Crippen molar-refractivity contribution in [1.82, 2.24) is 4.90 Å². The summed E-state index contributed by atoms with van der Waals surface area (Å²) in [5.74, 6) is 0.0519. The van der Waals surface area contributed by atoms with E-state index in [0.717, 1.165) is 46.2 Å². The van der Waals surface area contributed by atoms with Crippen molar-refractivity contribution in [3.8, 4) is 5.75 Å². The third kappa shape index (κ3) is 4.48. The largest absolute Gasteiger partial charge is 0.489 e. The van der Waals surface area contributed by atoms with Crippen LogP contribution in [0.15, 0.2) is 97.1 Å². The van der Waals surface area contributed by atoms with E-state index in [2.05, 4.69) is 47.4 Å². The molecule has 1 fully saturated rings. The zero-order valence-corrected chi connectivity index (χ0v) is 18.4. The molecule has 1 aliphatic rings. The predicted molar refractivity (Wildman–Crippen MR) is 130 cm³/mol. The standard InChI is InChI=1S/C29H27NO3/c31-29(32)27-14-7-19-30(27)28(26-13-6-11-22-10-4-5-12-25(22)26)23-15-17-24(18-16-23)33-20-21-8-2-1-3-9-21/h1-6,8-13,15-18,27-28H,7,14,19-20H2,(H,31,32). The van der Waals surface area contributed by atoms with Crippen molar-refractivity contribution in [3.05, 3.63) is 114 Å². The molecule has 0 spiro atoms. The van der Waals surface area contributed by atoms with E-state index in [9.17, 15) is 9.90 Å². The van der Waals surface area contributed by atoms with Gasteiger partial charge in [0.05, 0.1) is 6.04 Å². The van der Waals surface area contributed by atoms with E-state index in [1.165, 1.54) is 0 Å². The molecule has 0 amide bonds. The van der Waals surface area contributed by atoms with Gasteiger partial charge in [-0.05, 0) is 52.4 Å². The first-order valence-electron chi connectivity index (χ1n) is 11.4. The lowest BCUT2D eigenvalue weighted by Gasteiger charge is -2.33. The van der Waals surface area contributed by atoms with Crippen molar-refractivity contribution in [1.29, 1.82) is 0 Å². The summed E-state index contributed by atoms with van der Waals surface area (Å²) in [6.45, 7) is 1.28. The number of aliphatic carboxylic acids is 1. The molecule has 5 rings (SSSR count). The maximum atomic E-state index is 12.1. The Bertz CT molecular complexity index is 1230. The molecule has 2 atom stereocenters. The van der Waals surface area contributed by atoms with Crippen LogP contribution in [-0.4, -0.2) is 28.6 Å². The minimum absolute atomic E-state index is 0.136. The molecule has 0 aliphatic carbocycles. The molecule has 0 aromatic heterocycles. The lowest BCUT2D eigenvalue weighted by Crippen LogP contribution is -2.39. The van der Waals surface area contributed by atoms with Gasteiger partial charge in [-0.25, -0.2) is 0 Å². The Morgan fingerprint density at radius 2 is 1.64 bits per heavy atom.